The minimum Gasteiger partial charge on any atom is -0.395 e. The number of hydrogen-bond donors (Lipinski definition) is 3. The van der Waals surface area contributed by atoms with Crippen LogP contribution in [0.2, 0.25) is 0 Å². The van der Waals surface area contributed by atoms with Crippen LogP contribution < -0.4 is 10.6 Å². The molecule has 0 heterocycles. The van der Waals surface area contributed by atoms with E-state index in [4.69, 9.17) is 10.4 Å². The topological polar surface area (TPSA) is 85.2 Å². The van der Waals surface area contributed by atoms with Gasteiger partial charge in [-0.3, -0.25) is 4.79 Å². The van der Waals surface area contributed by atoms with Gasteiger partial charge in [-0.1, -0.05) is 15.9 Å². The molecule has 0 atom stereocenters. The second-order valence-electron chi connectivity index (χ2n) is 3.30. The molecule has 0 spiro atoms. The number of rotatable bonds is 5. The summed E-state index contributed by atoms with van der Waals surface area (Å²) >= 11 is 3.31. The smallest absolute Gasteiger partial charge is 0.263 e. The second-order valence-corrected chi connectivity index (χ2v) is 4.22. The van der Waals surface area contributed by atoms with Gasteiger partial charge >= 0.3 is 0 Å². The van der Waals surface area contributed by atoms with Crippen molar-refractivity contribution < 1.29 is 9.90 Å². The maximum atomic E-state index is 11.4. The van der Waals surface area contributed by atoms with Crippen molar-refractivity contribution in [2.24, 2.45) is 0 Å². The highest BCUT2D eigenvalue weighted by Gasteiger charge is 2.07. The summed E-state index contributed by atoms with van der Waals surface area (Å²) in [5.41, 5.74) is 0.715. The standard InChI is InChI=1S/C12H12BrN3O2/c13-10-1-3-11(4-2-10)16-8-9(7-14)12(18)15-5-6-17/h1-4,8,16-17H,5-6H2,(H,15,18). The molecule has 18 heavy (non-hydrogen) atoms. The number of hydrogen-bond acceptors (Lipinski definition) is 4. The van der Waals surface area contributed by atoms with Gasteiger partial charge in [0.15, 0.2) is 0 Å². The van der Waals surface area contributed by atoms with E-state index in [2.05, 4.69) is 26.6 Å². The number of aliphatic hydroxyl groups is 1. The summed E-state index contributed by atoms with van der Waals surface area (Å²) in [6.07, 6.45) is 1.33. The van der Waals surface area contributed by atoms with Gasteiger partial charge < -0.3 is 15.7 Å². The van der Waals surface area contributed by atoms with Crippen LogP contribution in [0.15, 0.2) is 40.5 Å². The lowest BCUT2D eigenvalue weighted by Gasteiger charge is -2.03. The molecule has 1 amide bonds. The van der Waals surface area contributed by atoms with Gasteiger partial charge in [-0.25, -0.2) is 0 Å². The van der Waals surface area contributed by atoms with Crippen molar-refractivity contribution in [2.75, 3.05) is 18.5 Å². The molecular weight excluding hydrogens is 298 g/mol. The summed E-state index contributed by atoms with van der Waals surface area (Å²) in [6, 6.07) is 9.08. The molecule has 1 aromatic rings. The third-order valence-electron chi connectivity index (χ3n) is 1.99. The molecule has 3 N–H and O–H groups in total. The molecule has 94 valence electrons. The Hall–Kier alpha value is -1.84. The Morgan fingerprint density at radius 3 is 2.67 bits per heavy atom. The van der Waals surface area contributed by atoms with Crippen molar-refractivity contribution in [3.63, 3.8) is 0 Å². The Morgan fingerprint density at radius 2 is 2.11 bits per heavy atom. The van der Waals surface area contributed by atoms with E-state index < -0.39 is 5.91 Å². The molecule has 0 fully saturated rings. The lowest BCUT2D eigenvalue weighted by Crippen LogP contribution is -2.27. The SMILES string of the molecule is N#CC(=CNc1ccc(Br)cc1)C(=O)NCCO. The molecule has 0 saturated heterocycles. The Balaban J connectivity index is 2.66. The van der Waals surface area contributed by atoms with Crippen molar-refractivity contribution in [1.29, 1.82) is 5.26 Å². The number of amides is 1. The first kappa shape index (κ1) is 14.2. The van der Waals surface area contributed by atoms with Crippen LogP contribution >= 0.6 is 15.9 Å². The average Bonchev–Trinajstić information content (AvgIpc) is 2.39. The van der Waals surface area contributed by atoms with Crippen molar-refractivity contribution in [3.05, 3.63) is 40.5 Å². The first-order chi connectivity index (χ1) is 8.67. The molecule has 0 aliphatic carbocycles. The van der Waals surface area contributed by atoms with E-state index in [0.717, 1.165) is 10.2 Å². The minimum atomic E-state index is -0.517. The normalized spacial score (nSPS) is 10.6. The maximum absolute atomic E-state index is 11.4. The fraction of sp³-hybridized carbons (Fsp3) is 0.167. The quantitative estimate of drug-likeness (QED) is 0.566. The summed E-state index contributed by atoms with van der Waals surface area (Å²) in [4.78, 5) is 11.4. The van der Waals surface area contributed by atoms with Crippen molar-refractivity contribution >= 4 is 27.5 Å². The van der Waals surface area contributed by atoms with Gasteiger partial charge in [0.05, 0.1) is 6.61 Å². The van der Waals surface area contributed by atoms with Gasteiger partial charge in [-0.05, 0) is 24.3 Å². The summed E-state index contributed by atoms with van der Waals surface area (Å²) in [5.74, 6) is -0.517. The van der Waals surface area contributed by atoms with Gasteiger partial charge in [0.2, 0.25) is 0 Å². The summed E-state index contributed by atoms with van der Waals surface area (Å²) in [5, 5.41) is 22.6. The summed E-state index contributed by atoms with van der Waals surface area (Å²) < 4.78 is 0.943. The van der Waals surface area contributed by atoms with Gasteiger partial charge in [0, 0.05) is 22.9 Å². The molecule has 0 bridgehead atoms. The van der Waals surface area contributed by atoms with Crippen LogP contribution in [0.5, 0.6) is 0 Å². The van der Waals surface area contributed by atoms with E-state index >= 15 is 0 Å². The van der Waals surface area contributed by atoms with Crippen LogP contribution in [0, 0.1) is 11.3 Å². The Kier molecular flexibility index (Phi) is 5.91. The fourth-order valence-corrected chi connectivity index (χ4v) is 1.38. The molecule has 1 aromatic carbocycles. The van der Waals surface area contributed by atoms with Crippen LogP contribution in [0.4, 0.5) is 5.69 Å². The van der Waals surface area contributed by atoms with Crippen LogP contribution in [-0.2, 0) is 4.79 Å². The molecule has 0 radical (unpaired) electrons. The average molecular weight is 310 g/mol. The number of benzene rings is 1. The monoisotopic (exact) mass is 309 g/mol. The molecule has 0 unspecified atom stereocenters. The highest BCUT2D eigenvalue weighted by Crippen LogP contribution is 2.14. The number of carbonyl (C=O) groups is 1. The number of carbonyl (C=O) groups excluding carboxylic acids is 1. The van der Waals surface area contributed by atoms with E-state index in [9.17, 15) is 4.79 Å². The third kappa shape index (κ3) is 4.57. The molecule has 0 aliphatic rings. The Bertz CT molecular complexity index is 477. The van der Waals surface area contributed by atoms with Crippen molar-refractivity contribution in [3.8, 4) is 6.07 Å². The first-order valence-corrected chi connectivity index (χ1v) is 5.98. The number of halogens is 1. The van der Waals surface area contributed by atoms with Crippen LogP contribution in [-0.4, -0.2) is 24.2 Å². The van der Waals surface area contributed by atoms with Gasteiger partial charge in [-0.2, -0.15) is 5.26 Å². The van der Waals surface area contributed by atoms with E-state index in [-0.39, 0.29) is 18.7 Å². The minimum absolute atomic E-state index is 0.0497. The van der Waals surface area contributed by atoms with Gasteiger partial charge in [0.1, 0.15) is 11.6 Å². The van der Waals surface area contributed by atoms with E-state index in [1.165, 1.54) is 6.20 Å². The highest BCUT2D eigenvalue weighted by molar-refractivity contribution is 9.10. The number of nitrogens with zero attached hydrogens (tertiary/aromatic N) is 1. The Morgan fingerprint density at radius 1 is 1.44 bits per heavy atom. The molecular formula is C12H12BrN3O2. The van der Waals surface area contributed by atoms with Crippen LogP contribution in [0.3, 0.4) is 0 Å². The lowest BCUT2D eigenvalue weighted by atomic mass is 10.3. The highest BCUT2D eigenvalue weighted by atomic mass is 79.9. The number of anilines is 1. The van der Waals surface area contributed by atoms with E-state index in [1.807, 2.05) is 12.1 Å². The molecule has 1 rings (SSSR count). The number of nitrogens with one attached hydrogen (secondary N) is 2. The zero-order valence-electron chi connectivity index (χ0n) is 9.48. The summed E-state index contributed by atoms with van der Waals surface area (Å²) in [6.45, 7) is -0.0409. The molecule has 0 aromatic heterocycles. The predicted octanol–water partition coefficient (Wildman–Crippen LogP) is 1.38. The molecule has 0 saturated carbocycles. The largest absolute Gasteiger partial charge is 0.395 e. The predicted molar refractivity (Wildman–Crippen MR) is 71.6 cm³/mol. The van der Waals surface area contributed by atoms with Gasteiger partial charge in [0.25, 0.3) is 5.91 Å². The Labute approximate surface area is 113 Å². The maximum Gasteiger partial charge on any atom is 0.263 e. The molecule has 6 heteroatoms. The zero-order chi connectivity index (χ0) is 13.4. The van der Waals surface area contributed by atoms with Crippen molar-refractivity contribution in [2.45, 2.75) is 0 Å². The second kappa shape index (κ2) is 7.48. The van der Waals surface area contributed by atoms with Gasteiger partial charge in [-0.15, -0.1) is 0 Å². The summed E-state index contributed by atoms with van der Waals surface area (Å²) in [7, 11) is 0. The van der Waals surface area contributed by atoms with Crippen LogP contribution in [0.25, 0.3) is 0 Å². The fourth-order valence-electron chi connectivity index (χ4n) is 1.11. The number of aliphatic hydroxyl groups excluding tert-OH is 1. The lowest BCUT2D eigenvalue weighted by molar-refractivity contribution is -0.117. The van der Waals surface area contributed by atoms with Crippen molar-refractivity contribution in [1.82, 2.24) is 5.32 Å². The van der Waals surface area contributed by atoms with Crippen LogP contribution in [0.1, 0.15) is 0 Å². The molecule has 5 nitrogen and oxygen atoms in total. The molecule has 0 aliphatic heterocycles. The van der Waals surface area contributed by atoms with E-state index in [0.29, 0.717) is 0 Å². The van der Waals surface area contributed by atoms with E-state index in [1.54, 1.807) is 18.2 Å². The number of nitriles is 1. The third-order valence-corrected chi connectivity index (χ3v) is 2.52. The zero-order valence-corrected chi connectivity index (χ0v) is 11.1. The first-order valence-electron chi connectivity index (χ1n) is 5.19.